The van der Waals surface area contributed by atoms with Crippen molar-refractivity contribution in [2.45, 2.75) is 65.5 Å². The van der Waals surface area contributed by atoms with Crippen molar-refractivity contribution in [2.75, 3.05) is 0 Å². The minimum Gasteiger partial charge on any atom is -0.365 e. The number of hydrogen-bond acceptors (Lipinski definition) is 3. The molecule has 1 aliphatic rings. The average molecular weight is 301 g/mol. The minimum atomic E-state index is -0.699. The summed E-state index contributed by atoms with van der Waals surface area (Å²) in [7, 11) is 0. The largest absolute Gasteiger partial charge is 0.365 e. The Labute approximate surface area is 134 Å². The summed E-state index contributed by atoms with van der Waals surface area (Å²) in [4.78, 5) is 16.7. The van der Waals surface area contributed by atoms with Crippen molar-refractivity contribution in [1.29, 1.82) is 0 Å². The summed E-state index contributed by atoms with van der Waals surface area (Å²) in [6, 6.07) is 0. The first-order valence-corrected chi connectivity index (χ1v) is 7.49. The highest BCUT2D eigenvalue weighted by Gasteiger charge is 2.38. The second kappa shape index (κ2) is 6.39. The number of nitrogens with one attached hydrogen (secondary N) is 2. The molecule has 120 valence electrons. The summed E-state index contributed by atoms with van der Waals surface area (Å²) in [5.41, 5.74) is 1.66. The van der Waals surface area contributed by atoms with Crippen LogP contribution in [0.4, 0.5) is 0 Å². The molecule has 0 heterocycles. The number of amides is 1. The van der Waals surface area contributed by atoms with Crippen LogP contribution in [-0.2, 0) is 4.79 Å². The smallest absolute Gasteiger partial charge is 0.252 e. The Kier molecular flexibility index (Phi) is 5.24. The van der Waals surface area contributed by atoms with Gasteiger partial charge in [0.15, 0.2) is 0 Å². The highest BCUT2D eigenvalue weighted by Crippen LogP contribution is 2.36. The number of hydrogen-bond donors (Lipinski definition) is 2. The molecule has 4 heteroatoms. The normalized spacial score (nSPS) is 16.8. The monoisotopic (exact) mass is 301 g/mol. The van der Waals surface area contributed by atoms with E-state index in [0.29, 0.717) is 11.4 Å². The zero-order chi connectivity index (χ0) is 17.1. The number of rotatable bonds is 6. The highest BCUT2D eigenvalue weighted by atomic mass is 16.1. The fraction of sp³-hybridized carbons (Fsp3) is 0.556. The maximum absolute atomic E-state index is 12.6. The van der Waals surface area contributed by atoms with Crippen LogP contribution in [0.25, 0.3) is 0 Å². The number of terminal acetylenes is 1. The molecule has 1 rings (SSSR count). The first kappa shape index (κ1) is 18.0. The molecule has 0 unspecified atom stereocenters. The Balaban J connectivity index is 3.14. The van der Waals surface area contributed by atoms with E-state index < -0.39 is 5.54 Å². The van der Waals surface area contributed by atoms with Crippen molar-refractivity contribution in [3.05, 3.63) is 22.5 Å². The Morgan fingerprint density at radius 2 is 1.86 bits per heavy atom. The fourth-order valence-electron chi connectivity index (χ4n) is 2.12. The fourth-order valence-corrected chi connectivity index (χ4v) is 2.12. The molecule has 0 aromatic rings. The van der Waals surface area contributed by atoms with Crippen molar-refractivity contribution in [3.63, 3.8) is 0 Å². The van der Waals surface area contributed by atoms with E-state index in [1.807, 2.05) is 20.8 Å². The van der Waals surface area contributed by atoms with Crippen molar-refractivity contribution in [3.8, 4) is 12.3 Å². The number of carbonyl (C=O) groups excluding carboxylic acids is 1. The Morgan fingerprint density at radius 1 is 1.32 bits per heavy atom. The quantitative estimate of drug-likeness (QED) is 0.343. The maximum atomic E-state index is 12.6. The van der Waals surface area contributed by atoms with E-state index in [9.17, 15) is 4.79 Å². The van der Waals surface area contributed by atoms with Crippen LogP contribution in [0.15, 0.2) is 27.5 Å². The van der Waals surface area contributed by atoms with E-state index in [2.05, 4.69) is 35.2 Å². The van der Waals surface area contributed by atoms with Crippen LogP contribution in [0.2, 0.25) is 0 Å². The standard InChI is InChI=1S/C18H27N3O/c1-9-17(5,6)21-16(22)14(12(2)3)13(4)15(19-8)20-18(7)10-11-18/h1,20H,8,10-11H2,2-7H3,(H,21,22)/b15-13-. The molecule has 0 radical (unpaired) electrons. The van der Waals surface area contributed by atoms with Gasteiger partial charge in [-0.2, -0.15) is 0 Å². The lowest BCUT2D eigenvalue weighted by atomic mass is 9.99. The molecule has 1 amide bonds. The Morgan fingerprint density at radius 3 is 2.23 bits per heavy atom. The van der Waals surface area contributed by atoms with Crippen LogP contribution >= 0.6 is 0 Å². The summed E-state index contributed by atoms with van der Waals surface area (Å²) < 4.78 is 0. The van der Waals surface area contributed by atoms with Crippen LogP contribution in [-0.4, -0.2) is 23.7 Å². The van der Waals surface area contributed by atoms with Crippen LogP contribution < -0.4 is 10.6 Å². The van der Waals surface area contributed by atoms with Gasteiger partial charge in [-0.05, 0) is 61.1 Å². The van der Waals surface area contributed by atoms with Crippen LogP contribution in [0.5, 0.6) is 0 Å². The van der Waals surface area contributed by atoms with Gasteiger partial charge in [0.05, 0.1) is 5.54 Å². The number of allylic oxidation sites excluding steroid dienone is 1. The van der Waals surface area contributed by atoms with Gasteiger partial charge in [-0.3, -0.25) is 4.79 Å². The Hall–Kier alpha value is -2.02. The van der Waals surface area contributed by atoms with E-state index >= 15 is 0 Å². The number of aliphatic imine (C=N–C) groups is 1. The van der Waals surface area contributed by atoms with Gasteiger partial charge in [-0.15, -0.1) is 6.42 Å². The first-order valence-electron chi connectivity index (χ1n) is 7.49. The molecular formula is C18H27N3O. The van der Waals surface area contributed by atoms with Crippen molar-refractivity contribution in [1.82, 2.24) is 10.6 Å². The molecule has 0 saturated heterocycles. The third kappa shape index (κ3) is 4.49. The summed E-state index contributed by atoms with van der Waals surface area (Å²) in [6.45, 7) is 15.0. The van der Waals surface area contributed by atoms with Gasteiger partial charge in [-0.1, -0.05) is 11.5 Å². The number of nitrogens with zero attached hydrogens (tertiary/aromatic N) is 1. The molecule has 0 aromatic carbocycles. The topological polar surface area (TPSA) is 53.5 Å². The minimum absolute atomic E-state index is 0.0686. The zero-order valence-electron chi connectivity index (χ0n) is 14.6. The highest BCUT2D eigenvalue weighted by molar-refractivity contribution is 5.99. The lowest BCUT2D eigenvalue weighted by Gasteiger charge is -2.23. The molecule has 4 nitrogen and oxygen atoms in total. The second-order valence-corrected chi connectivity index (χ2v) is 6.92. The molecule has 0 spiro atoms. The van der Waals surface area contributed by atoms with Gasteiger partial charge in [0.25, 0.3) is 5.91 Å². The zero-order valence-corrected chi connectivity index (χ0v) is 14.6. The summed E-state index contributed by atoms with van der Waals surface area (Å²) in [5, 5.41) is 6.25. The van der Waals surface area contributed by atoms with Crippen LogP contribution in [0.3, 0.4) is 0 Å². The Bertz CT molecular complexity index is 580. The third-order valence-corrected chi connectivity index (χ3v) is 3.82. The number of carbonyl (C=O) groups is 1. The van der Waals surface area contributed by atoms with E-state index in [4.69, 9.17) is 6.42 Å². The van der Waals surface area contributed by atoms with E-state index in [0.717, 1.165) is 24.0 Å². The molecular weight excluding hydrogens is 274 g/mol. The average Bonchev–Trinajstić information content (AvgIpc) is 3.13. The lowest BCUT2D eigenvalue weighted by Crippen LogP contribution is -2.43. The summed E-state index contributed by atoms with van der Waals surface area (Å²) in [6.07, 6.45) is 7.64. The van der Waals surface area contributed by atoms with Crippen molar-refractivity contribution >= 4 is 12.6 Å². The molecule has 0 atom stereocenters. The van der Waals surface area contributed by atoms with Gasteiger partial charge in [-0.25, -0.2) is 4.99 Å². The second-order valence-electron chi connectivity index (χ2n) is 6.92. The predicted octanol–water partition coefficient (Wildman–Crippen LogP) is 2.93. The van der Waals surface area contributed by atoms with Gasteiger partial charge in [0.2, 0.25) is 0 Å². The van der Waals surface area contributed by atoms with Crippen molar-refractivity contribution in [2.24, 2.45) is 4.99 Å². The molecule has 2 N–H and O–H groups in total. The molecule has 1 aliphatic carbocycles. The summed E-state index contributed by atoms with van der Waals surface area (Å²) >= 11 is 0. The van der Waals surface area contributed by atoms with Crippen molar-refractivity contribution < 1.29 is 4.79 Å². The third-order valence-electron chi connectivity index (χ3n) is 3.82. The van der Waals surface area contributed by atoms with Crippen LogP contribution in [0.1, 0.15) is 54.4 Å². The molecule has 0 bridgehead atoms. The summed E-state index contributed by atoms with van der Waals surface area (Å²) in [5.74, 6) is 3.04. The van der Waals surface area contributed by atoms with Gasteiger partial charge in [0, 0.05) is 16.7 Å². The maximum Gasteiger partial charge on any atom is 0.252 e. The van der Waals surface area contributed by atoms with E-state index in [-0.39, 0.29) is 11.4 Å². The lowest BCUT2D eigenvalue weighted by molar-refractivity contribution is -0.118. The van der Waals surface area contributed by atoms with Crippen LogP contribution in [0, 0.1) is 12.3 Å². The first-order chi connectivity index (χ1) is 10.0. The molecule has 1 fully saturated rings. The van der Waals surface area contributed by atoms with Gasteiger partial charge in [0.1, 0.15) is 5.82 Å². The van der Waals surface area contributed by atoms with Gasteiger partial charge < -0.3 is 10.6 Å². The predicted molar refractivity (Wildman–Crippen MR) is 92.5 cm³/mol. The molecule has 1 saturated carbocycles. The van der Waals surface area contributed by atoms with E-state index in [1.165, 1.54) is 0 Å². The van der Waals surface area contributed by atoms with Gasteiger partial charge >= 0.3 is 0 Å². The molecule has 0 aliphatic heterocycles. The van der Waals surface area contributed by atoms with E-state index in [1.54, 1.807) is 13.8 Å². The molecule has 22 heavy (non-hydrogen) atoms. The SMILES string of the molecule is C#CC(C)(C)NC(=O)C(=C(C)C)/C(C)=C(/N=C)NC1(C)CC1. The molecule has 0 aromatic heterocycles.